The van der Waals surface area contributed by atoms with Gasteiger partial charge in [0.15, 0.2) is 0 Å². The molecule has 1 aliphatic rings. The van der Waals surface area contributed by atoms with Gasteiger partial charge in [-0.1, -0.05) is 32.0 Å². The van der Waals surface area contributed by atoms with Gasteiger partial charge >= 0.3 is 0 Å². The second kappa shape index (κ2) is 7.32. The summed E-state index contributed by atoms with van der Waals surface area (Å²) >= 11 is 2.03. The zero-order valence-corrected chi connectivity index (χ0v) is 13.2. The summed E-state index contributed by atoms with van der Waals surface area (Å²) in [4.78, 5) is 3.96. The number of nitrogens with one attached hydrogen (secondary N) is 1. The molecule has 1 aromatic rings. The van der Waals surface area contributed by atoms with Crippen molar-refractivity contribution in [2.45, 2.75) is 43.4 Å². The minimum absolute atomic E-state index is 0.573. The number of likely N-dealkylation sites (N-methyl/N-ethyl adjacent to an activating group) is 1. The van der Waals surface area contributed by atoms with E-state index in [2.05, 4.69) is 55.3 Å². The van der Waals surface area contributed by atoms with Gasteiger partial charge < -0.3 is 10.2 Å². The lowest BCUT2D eigenvalue weighted by Gasteiger charge is -2.24. The second-order valence-corrected chi connectivity index (χ2v) is 6.69. The molecule has 0 saturated heterocycles. The SMILES string of the molecule is CCN(CC)CC(C)NCC1Cc2ccccc2S1. The summed E-state index contributed by atoms with van der Waals surface area (Å²) in [5.41, 5.74) is 1.52. The Labute approximate surface area is 122 Å². The van der Waals surface area contributed by atoms with E-state index in [-0.39, 0.29) is 0 Å². The zero-order chi connectivity index (χ0) is 13.7. The lowest BCUT2D eigenvalue weighted by molar-refractivity contribution is 0.271. The van der Waals surface area contributed by atoms with Crippen LogP contribution in [0.5, 0.6) is 0 Å². The number of thioether (sulfide) groups is 1. The van der Waals surface area contributed by atoms with Crippen LogP contribution >= 0.6 is 11.8 Å². The molecule has 1 aromatic carbocycles. The van der Waals surface area contributed by atoms with E-state index in [1.807, 2.05) is 11.8 Å². The Hall–Kier alpha value is -0.510. The third-order valence-corrected chi connectivity index (χ3v) is 5.15. The molecule has 0 radical (unpaired) electrons. The van der Waals surface area contributed by atoms with Gasteiger partial charge in [0.2, 0.25) is 0 Å². The average molecular weight is 278 g/mol. The number of fused-ring (bicyclic) bond motifs is 1. The Bertz CT molecular complexity index is 365. The van der Waals surface area contributed by atoms with Gasteiger partial charge in [0.1, 0.15) is 0 Å². The summed E-state index contributed by atoms with van der Waals surface area (Å²) < 4.78 is 0. The van der Waals surface area contributed by atoms with E-state index in [1.54, 1.807) is 0 Å². The molecular formula is C16H26N2S. The molecule has 2 atom stereocenters. The van der Waals surface area contributed by atoms with Crippen LogP contribution in [-0.4, -0.2) is 42.4 Å². The van der Waals surface area contributed by atoms with E-state index < -0.39 is 0 Å². The van der Waals surface area contributed by atoms with E-state index in [4.69, 9.17) is 0 Å². The van der Waals surface area contributed by atoms with E-state index >= 15 is 0 Å². The van der Waals surface area contributed by atoms with Gasteiger partial charge in [-0.05, 0) is 38.1 Å². The van der Waals surface area contributed by atoms with Crippen LogP contribution in [0.3, 0.4) is 0 Å². The first-order valence-corrected chi connectivity index (χ1v) is 8.31. The van der Waals surface area contributed by atoms with Gasteiger partial charge in [-0.15, -0.1) is 11.8 Å². The van der Waals surface area contributed by atoms with Crippen molar-refractivity contribution in [3.63, 3.8) is 0 Å². The second-order valence-electron chi connectivity index (χ2n) is 5.35. The fraction of sp³-hybridized carbons (Fsp3) is 0.625. The van der Waals surface area contributed by atoms with Gasteiger partial charge in [-0.2, -0.15) is 0 Å². The zero-order valence-electron chi connectivity index (χ0n) is 12.4. The molecule has 1 aliphatic heterocycles. The highest BCUT2D eigenvalue weighted by molar-refractivity contribution is 8.00. The normalized spacial score (nSPS) is 19.7. The number of benzene rings is 1. The Balaban J connectivity index is 1.73. The lowest BCUT2D eigenvalue weighted by atomic mass is 10.1. The van der Waals surface area contributed by atoms with E-state index in [0.29, 0.717) is 11.3 Å². The van der Waals surface area contributed by atoms with Gasteiger partial charge in [-0.25, -0.2) is 0 Å². The maximum absolute atomic E-state index is 3.70. The molecule has 0 amide bonds. The Morgan fingerprint density at radius 3 is 2.74 bits per heavy atom. The molecule has 0 spiro atoms. The standard InChI is InChI=1S/C16H26N2S/c1-4-18(5-2)12-13(3)17-11-15-10-14-8-6-7-9-16(14)19-15/h6-9,13,15,17H,4-5,10-12H2,1-3H3. The first-order valence-electron chi connectivity index (χ1n) is 7.43. The number of nitrogens with zero attached hydrogens (tertiary/aromatic N) is 1. The molecule has 2 nitrogen and oxygen atoms in total. The summed E-state index contributed by atoms with van der Waals surface area (Å²) in [6.07, 6.45) is 1.21. The largest absolute Gasteiger partial charge is 0.312 e. The van der Waals surface area contributed by atoms with Crippen LogP contribution in [0.15, 0.2) is 29.2 Å². The predicted octanol–water partition coefficient (Wildman–Crippen LogP) is 3.02. The monoisotopic (exact) mass is 278 g/mol. The van der Waals surface area contributed by atoms with Crippen LogP contribution in [0.1, 0.15) is 26.3 Å². The predicted molar refractivity (Wildman–Crippen MR) is 85.0 cm³/mol. The van der Waals surface area contributed by atoms with Crippen molar-refractivity contribution in [1.82, 2.24) is 10.2 Å². The maximum atomic E-state index is 3.70. The molecule has 3 heteroatoms. The van der Waals surface area contributed by atoms with E-state index in [0.717, 1.165) is 26.2 Å². The van der Waals surface area contributed by atoms with Crippen LogP contribution in [0, 0.1) is 0 Å². The van der Waals surface area contributed by atoms with Crippen molar-refractivity contribution >= 4 is 11.8 Å². The topological polar surface area (TPSA) is 15.3 Å². The average Bonchev–Trinajstić information content (AvgIpc) is 2.85. The van der Waals surface area contributed by atoms with Crippen LogP contribution in [-0.2, 0) is 6.42 Å². The summed E-state index contributed by atoms with van der Waals surface area (Å²) in [6, 6.07) is 9.38. The first kappa shape index (κ1) is 14.9. The molecular weight excluding hydrogens is 252 g/mol. The van der Waals surface area contributed by atoms with Crippen molar-refractivity contribution < 1.29 is 0 Å². The number of rotatable bonds is 7. The van der Waals surface area contributed by atoms with Gasteiger partial charge in [0.25, 0.3) is 0 Å². The van der Waals surface area contributed by atoms with Gasteiger partial charge in [-0.3, -0.25) is 0 Å². The molecule has 1 heterocycles. The Morgan fingerprint density at radius 1 is 1.32 bits per heavy atom. The smallest absolute Gasteiger partial charge is 0.0260 e. The first-order chi connectivity index (χ1) is 9.22. The minimum Gasteiger partial charge on any atom is -0.312 e. The number of hydrogen-bond acceptors (Lipinski definition) is 3. The van der Waals surface area contributed by atoms with Crippen LogP contribution < -0.4 is 5.32 Å². The highest BCUT2D eigenvalue weighted by Gasteiger charge is 2.21. The Kier molecular flexibility index (Phi) is 5.74. The highest BCUT2D eigenvalue weighted by Crippen LogP contribution is 2.36. The van der Waals surface area contributed by atoms with E-state index in [9.17, 15) is 0 Å². The van der Waals surface area contributed by atoms with Crippen molar-refractivity contribution in [1.29, 1.82) is 0 Å². The van der Waals surface area contributed by atoms with Crippen LogP contribution in [0.25, 0.3) is 0 Å². The maximum Gasteiger partial charge on any atom is 0.0260 e. The molecule has 0 aromatic heterocycles. The fourth-order valence-electron chi connectivity index (χ4n) is 2.63. The number of hydrogen-bond donors (Lipinski definition) is 1. The molecule has 0 aliphatic carbocycles. The lowest BCUT2D eigenvalue weighted by Crippen LogP contribution is -2.41. The molecule has 2 rings (SSSR count). The van der Waals surface area contributed by atoms with Crippen molar-refractivity contribution in [2.75, 3.05) is 26.2 Å². The fourth-order valence-corrected chi connectivity index (χ4v) is 3.90. The van der Waals surface area contributed by atoms with Crippen molar-refractivity contribution in [2.24, 2.45) is 0 Å². The molecule has 106 valence electrons. The Morgan fingerprint density at radius 2 is 2.05 bits per heavy atom. The summed E-state index contributed by atoms with van der Waals surface area (Å²) in [5, 5.41) is 4.40. The quantitative estimate of drug-likeness (QED) is 0.825. The molecule has 0 fully saturated rings. The highest BCUT2D eigenvalue weighted by atomic mass is 32.2. The van der Waals surface area contributed by atoms with Crippen LogP contribution in [0.2, 0.25) is 0 Å². The molecule has 0 saturated carbocycles. The summed E-state index contributed by atoms with van der Waals surface area (Å²) in [5.74, 6) is 0. The van der Waals surface area contributed by atoms with Crippen molar-refractivity contribution in [3.8, 4) is 0 Å². The molecule has 19 heavy (non-hydrogen) atoms. The third-order valence-electron chi connectivity index (χ3n) is 3.83. The van der Waals surface area contributed by atoms with Crippen molar-refractivity contribution in [3.05, 3.63) is 29.8 Å². The van der Waals surface area contributed by atoms with Gasteiger partial charge in [0, 0.05) is 29.3 Å². The summed E-state index contributed by atoms with van der Waals surface area (Å²) in [7, 11) is 0. The van der Waals surface area contributed by atoms with Gasteiger partial charge in [0.05, 0.1) is 0 Å². The van der Waals surface area contributed by atoms with Crippen LogP contribution in [0.4, 0.5) is 0 Å². The van der Waals surface area contributed by atoms with E-state index in [1.165, 1.54) is 16.9 Å². The summed E-state index contributed by atoms with van der Waals surface area (Å²) in [6.45, 7) is 11.3. The molecule has 2 unspecified atom stereocenters. The third kappa shape index (κ3) is 4.23. The molecule has 1 N–H and O–H groups in total. The molecule has 0 bridgehead atoms. The minimum atomic E-state index is 0.573.